The average molecular weight is 335 g/mol. The SMILES string of the molecule is CCC1(CC)CN(c2ncc(-c3ccccc3)s2)CCS1=O. The van der Waals surface area contributed by atoms with Gasteiger partial charge < -0.3 is 4.90 Å². The lowest BCUT2D eigenvalue weighted by Crippen LogP contribution is -2.53. The minimum atomic E-state index is -0.725. The van der Waals surface area contributed by atoms with Crippen LogP contribution in [-0.2, 0) is 10.8 Å². The first kappa shape index (κ1) is 15.7. The second kappa shape index (κ2) is 6.50. The van der Waals surface area contributed by atoms with Gasteiger partial charge in [-0.05, 0) is 18.4 Å². The van der Waals surface area contributed by atoms with E-state index in [-0.39, 0.29) is 4.75 Å². The fourth-order valence-electron chi connectivity index (χ4n) is 3.01. The maximum atomic E-state index is 12.4. The molecule has 1 aliphatic rings. The van der Waals surface area contributed by atoms with Gasteiger partial charge in [0, 0.05) is 35.8 Å². The standard InChI is InChI=1S/C17H22N2OS2/c1-3-17(4-2)13-19(10-11-22(17)20)16-18-12-15(21-16)14-8-6-5-7-9-14/h5-9,12H,3-4,10-11,13H2,1-2H3. The normalized spacial score (nSPS) is 21.0. The fourth-order valence-corrected chi connectivity index (χ4v) is 5.72. The van der Waals surface area contributed by atoms with E-state index in [1.807, 2.05) is 12.3 Å². The highest BCUT2D eigenvalue weighted by atomic mass is 32.2. The molecule has 0 amide bonds. The molecule has 1 aromatic heterocycles. The van der Waals surface area contributed by atoms with Crippen LogP contribution in [0, 0.1) is 0 Å². The predicted molar refractivity (Wildman–Crippen MR) is 96.1 cm³/mol. The van der Waals surface area contributed by atoms with E-state index in [1.165, 1.54) is 10.4 Å². The summed E-state index contributed by atoms with van der Waals surface area (Å²) in [5.41, 5.74) is 1.21. The van der Waals surface area contributed by atoms with Crippen LogP contribution >= 0.6 is 11.3 Å². The molecule has 3 rings (SSSR count). The van der Waals surface area contributed by atoms with Crippen molar-refractivity contribution >= 4 is 27.3 Å². The molecule has 1 fully saturated rings. The Kier molecular flexibility index (Phi) is 4.64. The Labute approximate surface area is 138 Å². The molecule has 0 saturated carbocycles. The number of thiazole rings is 1. The zero-order valence-electron chi connectivity index (χ0n) is 13.1. The van der Waals surface area contributed by atoms with Gasteiger partial charge in [-0.1, -0.05) is 55.5 Å². The van der Waals surface area contributed by atoms with Gasteiger partial charge in [-0.25, -0.2) is 4.98 Å². The van der Waals surface area contributed by atoms with Crippen molar-refractivity contribution in [2.75, 3.05) is 23.7 Å². The minimum Gasteiger partial charge on any atom is -0.346 e. The van der Waals surface area contributed by atoms with Crippen LogP contribution < -0.4 is 4.90 Å². The summed E-state index contributed by atoms with van der Waals surface area (Å²) >= 11 is 1.73. The lowest BCUT2D eigenvalue weighted by molar-refractivity contribution is 0.496. The zero-order chi connectivity index (χ0) is 15.6. The Hall–Kier alpha value is -1.20. The quantitative estimate of drug-likeness (QED) is 0.849. The molecule has 1 aromatic carbocycles. The summed E-state index contributed by atoms with van der Waals surface area (Å²) in [4.78, 5) is 8.14. The Morgan fingerprint density at radius 1 is 1.27 bits per heavy atom. The molecule has 1 unspecified atom stereocenters. The van der Waals surface area contributed by atoms with Gasteiger partial charge in [0.15, 0.2) is 5.13 Å². The second-order valence-electron chi connectivity index (χ2n) is 5.73. The molecule has 0 radical (unpaired) electrons. The smallest absolute Gasteiger partial charge is 0.185 e. The Morgan fingerprint density at radius 2 is 2.00 bits per heavy atom. The summed E-state index contributed by atoms with van der Waals surface area (Å²) in [5.74, 6) is 0.752. The first-order valence-electron chi connectivity index (χ1n) is 7.83. The Morgan fingerprint density at radius 3 is 2.68 bits per heavy atom. The lowest BCUT2D eigenvalue weighted by Gasteiger charge is -2.41. The van der Waals surface area contributed by atoms with Crippen molar-refractivity contribution in [3.05, 3.63) is 36.5 Å². The predicted octanol–water partition coefficient (Wildman–Crippen LogP) is 3.94. The van der Waals surface area contributed by atoms with Gasteiger partial charge >= 0.3 is 0 Å². The highest BCUT2D eigenvalue weighted by Crippen LogP contribution is 2.35. The Balaban J connectivity index is 1.83. The molecule has 1 aliphatic heterocycles. The van der Waals surface area contributed by atoms with Crippen LogP contribution in [0.15, 0.2) is 36.5 Å². The molecule has 0 aliphatic carbocycles. The van der Waals surface area contributed by atoms with Crippen LogP contribution in [0.2, 0.25) is 0 Å². The van der Waals surface area contributed by atoms with Crippen molar-refractivity contribution < 1.29 is 4.21 Å². The van der Waals surface area contributed by atoms with Crippen LogP contribution in [0.25, 0.3) is 10.4 Å². The molecule has 0 N–H and O–H groups in total. The number of hydrogen-bond acceptors (Lipinski definition) is 4. The molecule has 1 atom stereocenters. The molecular weight excluding hydrogens is 312 g/mol. The molecule has 22 heavy (non-hydrogen) atoms. The third-order valence-electron chi connectivity index (χ3n) is 4.62. The van der Waals surface area contributed by atoms with Crippen LogP contribution in [0.5, 0.6) is 0 Å². The van der Waals surface area contributed by atoms with E-state index in [2.05, 4.69) is 48.0 Å². The molecule has 1 saturated heterocycles. The molecule has 3 nitrogen and oxygen atoms in total. The molecule has 0 bridgehead atoms. The summed E-state index contributed by atoms with van der Waals surface area (Å²) in [6.45, 7) is 6.01. The first-order valence-corrected chi connectivity index (χ1v) is 9.97. The van der Waals surface area contributed by atoms with E-state index in [4.69, 9.17) is 0 Å². The topological polar surface area (TPSA) is 33.2 Å². The molecule has 118 valence electrons. The van der Waals surface area contributed by atoms with E-state index in [1.54, 1.807) is 11.3 Å². The van der Waals surface area contributed by atoms with E-state index < -0.39 is 10.8 Å². The second-order valence-corrected chi connectivity index (χ2v) is 8.71. The van der Waals surface area contributed by atoms with E-state index in [0.717, 1.165) is 36.8 Å². The number of anilines is 1. The summed E-state index contributed by atoms with van der Waals surface area (Å²) in [6, 6.07) is 10.4. The molecular formula is C17H22N2OS2. The Bertz CT molecular complexity index is 650. The minimum absolute atomic E-state index is 0.0726. The highest BCUT2D eigenvalue weighted by molar-refractivity contribution is 7.86. The number of rotatable bonds is 4. The van der Waals surface area contributed by atoms with Crippen molar-refractivity contribution in [1.29, 1.82) is 0 Å². The van der Waals surface area contributed by atoms with Crippen molar-refractivity contribution in [1.82, 2.24) is 4.98 Å². The number of nitrogens with zero attached hydrogens (tertiary/aromatic N) is 2. The number of benzene rings is 1. The summed E-state index contributed by atoms with van der Waals surface area (Å²) in [5, 5.41) is 1.06. The van der Waals surface area contributed by atoms with Crippen molar-refractivity contribution in [2.24, 2.45) is 0 Å². The van der Waals surface area contributed by atoms with Gasteiger partial charge in [0.1, 0.15) is 0 Å². The number of hydrogen-bond donors (Lipinski definition) is 0. The maximum absolute atomic E-state index is 12.4. The molecule has 2 heterocycles. The monoisotopic (exact) mass is 334 g/mol. The van der Waals surface area contributed by atoms with Crippen molar-refractivity contribution in [3.63, 3.8) is 0 Å². The van der Waals surface area contributed by atoms with Crippen LogP contribution in [0.3, 0.4) is 0 Å². The number of aromatic nitrogens is 1. The van der Waals surface area contributed by atoms with Gasteiger partial charge in [0.05, 0.1) is 9.62 Å². The maximum Gasteiger partial charge on any atom is 0.185 e. The van der Waals surface area contributed by atoms with Crippen molar-refractivity contribution in [3.8, 4) is 10.4 Å². The summed E-state index contributed by atoms with van der Waals surface area (Å²) < 4.78 is 12.4. The molecule has 5 heteroatoms. The third kappa shape index (κ3) is 2.84. The van der Waals surface area contributed by atoms with Gasteiger partial charge in [-0.2, -0.15) is 0 Å². The third-order valence-corrected chi connectivity index (χ3v) is 7.95. The largest absolute Gasteiger partial charge is 0.346 e. The molecule has 2 aromatic rings. The summed E-state index contributed by atoms with van der Waals surface area (Å²) in [6.07, 6.45) is 3.88. The van der Waals surface area contributed by atoms with Gasteiger partial charge in [-0.15, -0.1) is 0 Å². The van der Waals surface area contributed by atoms with E-state index in [0.29, 0.717) is 0 Å². The van der Waals surface area contributed by atoms with Crippen LogP contribution in [0.1, 0.15) is 26.7 Å². The van der Waals surface area contributed by atoms with Gasteiger partial charge in [-0.3, -0.25) is 4.21 Å². The molecule has 0 spiro atoms. The highest BCUT2D eigenvalue weighted by Gasteiger charge is 2.39. The fraction of sp³-hybridized carbons (Fsp3) is 0.471. The lowest BCUT2D eigenvalue weighted by atomic mass is 10.0. The van der Waals surface area contributed by atoms with E-state index in [9.17, 15) is 4.21 Å². The van der Waals surface area contributed by atoms with Crippen molar-refractivity contribution in [2.45, 2.75) is 31.4 Å². The van der Waals surface area contributed by atoms with E-state index >= 15 is 0 Å². The van der Waals surface area contributed by atoms with Gasteiger partial charge in [0.2, 0.25) is 0 Å². The van der Waals surface area contributed by atoms with Gasteiger partial charge in [0.25, 0.3) is 0 Å². The van der Waals surface area contributed by atoms with Crippen LogP contribution in [0.4, 0.5) is 5.13 Å². The first-order chi connectivity index (χ1) is 10.7. The summed E-state index contributed by atoms with van der Waals surface area (Å²) in [7, 11) is -0.725. The van der Waals surface area contributed by atoms with Crippen LogP contribution in [-0.4, -0.2) is 32.8 Å². The zero-order valence-corrected chi connectivity index (χ0v) is 14.8. The average Bonchev–Trinajstić information content (AvgIpc) is 3.06.